The molecule has 2 saturated heterocycles. The number of fused-ring (bicyclic) bond motifs is 1. The van der Waals surface area contributed by atoms with Crippen LogP contribution in [0.4, 0.5) is 23.8 Å². The van der Waals surface area contributed by atoms with Gasteiger partial charge < -0.3 is 19.9 Å². The highest BCUT2D eigenvalue weighted by atomic mass is 19.3. The first-order valence-electron chi connectivity index (χ1n) is 13.1. The van der Waals surface area contributed by atoms with Gasteiger partial charge in [0.05, 0.1) is 30.2 Å². The Morgan fingerprint density at radius 1 is 1.08 bits per heavy atom. The Bertz CT molecular complexity index is 1420. The van der Waals surface area contributed by atoms with E-state index < -0.39 is 23.8 Å². The number of ether oxygens (including phenoxy) is 1. The predicted octanol–water partition coefficient (Wildman–Crippen LogP) is 4.21. The molecule has 0 saturated carbocycles. The number of aryl methyl sites for hydroxylation is 1. The number of pyridine rings is 1. The summed E-state index contributed by atoms with van der Waals surface area (Å²) in [5, 5.41) is 8.33. The van der Waals surface area contributed by atoms with E-state index in [1.165, 1.54) is 30.1 Å². The van der Waals surface area contributed by atoms with E-state index in [9.17, 15) is 22.8 Å². The maximum atomic E-state index is 14.8. The van der Waals surface area contributed by atoms with Gasteiger partial charge in [-0.2, -0.15) is 5.10 Å². The Kier molecular flexibility index (Phi) is 7.74. The minimum atomic E-state index is -2.93. The third-order valence-electron chi connectivity index (χ3n) is 7.53. The van der Waals surface area contributed by atoms with Crippen molar-refractivity contribution < 1.29 is 22.7 Å². The van der Waals surface area contributed by atoms with Gasteiger partial charge in [0.15, 0.2) is 5.82 Å². The van der Waals surface area contributed by atoms with Crippen LogP contribution in [0.15, 0.2) is 35.3 Å². The van der Waals surface area contributed by atoms with Crippen molar-refractivity contribution in [3.63, 3.8) is 0 Å². The smallest absolute Gasteiger partial charge is 0.320 e. The van der Waals surface area contributed by atoms with Crippen LogP contribution in [0.5, 0.6) is 0 Å². The summed E-state index contributed by atoms with van der Waals surface area (Å²) in [6.45, 7) is 5.13. The molecule has 0 radical (unpaired) electrons. The van der Waals surface area contributed by atoms with Crippen molar-refractivity contribution in [2.24, 2.45) is 7.05 Å². The lowest BCUT2D eigenvalue weighted by atomic mass is 9.92. The third kappa shape index (κ3) is 5.42. The summed E-state index contributed by atoms with van der Waals surface area (Å²) in [7, 11) is 1.50. The second-order valence-electron chi connectivity index (χ2n) is 9.99. The molecule has 4 heterocycles. The van der Waals surface area contributed by atoms with Gasteiger partial charge in [0, 0.05) is 62.0 Å². The van der Waals surface area contributed by atoms with Gasteiger partial charge in [0.1, 0.15) is 5.82 Å². The van der Waals surface area contributed by atoms with E-state index in [0.29, 0.717) is 56.0 Å². The summed E-state index contributed by atoms with van der Waals surface area (Å²) in [6.07, 6.45) is 0.0289. The summed E-state index contributed by atoms with van der Waals surface area (Å²) < 4.78 is 47.8. The van der Waals surface area contributed by atoms with Gasteiger partial charge in [-0.3, -0.25) is 9.78 Å². The molecule has 1 N–H and O–H groups in total. The number of anilines is 1. The highest BCUT2D eigenvalue weighted by Gasteiger charge is 2.29. The van der Waals surface area contributed by atoms with Crippen LogP contribution in [-0.4, -0.2) is 70.0 Å². The topological polar surface area (TPSA) is 92.6 Å². The van der Waals surface area contributed by atoms with Crippen LogP contribution < -0.4 is 10.9 Å². The first-order valence-corrected chi connectivity index (χ1v) is 13.1. The van der Waals surface area contributed by atoms with Crippen molar-refractivity contribution in [2.45, 2.75) is 38.2 Å². The molecule has 39 heavy (non-hydrogen) atoms. The fourth-order valence-electron chi connectivity index (χ4n) is 5.27. The van der Waals surface area contributed by atoms with Crippen molar-refractivity contribution in [3.05, 3.63) is 63.5 Å². The normalized spacial score (nSPS) is 17.6. The van der Waals surface area contributed by atoms with Crippen molar-refractivity contribution in [1.29, 1.82) is 0 Å². The Morgan fingerprint density at radius 2 is 1.74 bits per heavy atom. The van der Waals surface area contributed by atoms with E-state index >= 15 is 0 Å². The largest absolute Gasteiger partial charge is 0.378 e. The molecule has 2 aliphatic heterocycles. The molecule has 1 atom stereocenters. The molecule has 2 aromatic heterocycles. The number of rotatable bonds is 5. The van der Waals surface area contributed by atoms with Crippen LogP contribution in [0.25, 0.3) is 10.8 Å². The molecule has 3 aromatic rings. The van der Waals surface area contributed by atoms with Gasteiger partial charge in [-0.1, -0.05) is 18.2 Å². The average Bonchev–Trinajstić information content (AvgIpc) is 2.95. The van der Waals surface area contributed by atoms with E-state index in [4.69, 9.17) is 4.74 Å². The number of hydrogen-bond donors (Lipinski definition) is 1. The number of piperidine rings is 1. The van der Waals surface area contributed by atoms with E-state index in [1.807, 2.05) is 15.9 Å². The predicted molar refractivity (Wildman–Crippen MR) is 140 cm³/mol. The number of nitrogens with zero attached hydrogens (tertiary/aromatic N) is 5. The fourth-order valence-corrected chi connectivity index (χ4v) is 5.27. The number of urea groups is 1. The average molecular weight is 545 g/mol. The number of alkyl halides is 2. The van der Waals surface area contributed by atoms with Gasteiger partial charge in [-0.05, 0) is 25.8 Å². The van der Waals surface area contributed by atoms with Gasteiger partial charge in [-0.15, -0.1) is 0 Å². The zero-order chi connectivity index (χ0) is 27.7. The van der Waals surface area contributed by atoms with Gasteiger partial charge in [0.2, 0.25) is 0 Å². The molecule has 0 bridgehead atoms. The van der Waals surface area contributed by atoms with Crippen molar-refractivity contribution in [1.82, 2.24) is 24.6 Å². The quantitative estimate of drug-likeness (QED) is 0.518. The lowest BCUT2D eigenvalue weighted by molar-refractivity contribution is 0.0411. The number of hydrogen-bond acceptors (Lipinski definition) is 6. The molecule has 1 aromatic carbocycles. The molecule has 5 rings (SSSR count). The minimum Gasteiger partial charge on any atom is -0.378 e. The maximum absolute atomic E-state index is 14.8. The fraction of sp³-hybridized carbons (Fsp3) is 0.481. The molecule has 0 unspecified atom stereocenters. The number of carbonyl (C=O) groups is 1. The van der Waals surface area contributed by atoms with Gasteiger partial charge >= 0.3 is 6.03 Å². The lowest BCUT2D eigenvalue weighted by Crippen LogP contribution is -2.50. The summed E-state index contributed by atoms with van der Waals surface area (Å²) in [6, 6.07) is 5.04. The van der Waals surface area contributed by atoms with Gasteiger partial charge in [0.25, 0.3) is 12.0 Å². The SMILES string of the molecule is C[C@@H](Nc1nn(C)c(=O)c2cnc(C3CCN(C(=O)N4CCOCC4)CC3)cc12)c1cccc(C(F)F)c1F. The number of amides is 2. The molecule has 2 fully saturated rings. The summed E-state index contributed by atoms with van der Waals surface area (Å²) >= 11 is 0. The number of likely N-dealkylation sites (tertiary alicyclic amines) is 1. The maximum Gasteiger partial charge on any atom is 0.320 e. The molecular formula is C27H31F3N6O3. The number of benzene rings is 1. The van der Waals surface area contributed by atoms with Crippen molar-refractivity contribution in [3.8, 4) is 0 Å². The van der Waals surface area contributed by atoms with Crippen LogP contribution >= 0.6 is 0 Å². The summed E-state index contributed by atoms with van der Waals surface area (Å²) in [5.74, 6) is -0.565. The molecule has 2 amide bonds. The van der Waals surface area contributed by atoms with E-state index in [0.717, 1.165) is 24.6 Å². The zero-order valence-corrected chi connectivity index (χ0v) is 21.9. The second kappa shape index (κ2) is 11.2. The zero-order valence-electron chi connectivity index (χ0n) is 21.9. The molecule has 0 spiro atoms. The van der Waals surface area contributed by atoms with Gasteiger partial charge in [-0.25, -0.2) is 22.6 Å². The Balaban J connectivity index is 1.38. The van der Waals surface area contributed by atoms with E-state index in [2.05, 4.69) is 15.4 Å². The number of carbonyl (C=O) groups excluding carboxylic acids is 1. The van der Waals surface area contributed by atoms with E-state index in [1.54, 1.807) is 6.92 Å². The summed E-state index contributed by atoms with van der Waals surface area (Å²) in [4.78, 5) is 33.9. The minimum absolute atomic E-state index is 0.0273. The van der Waals surface area contributed by atoms with Crippen LogP contribution in [0.3, 0.4) is 0 Å². The Labute approximate surface area is 223 Å². The second-order valence-corrected chi connectivity index (χ2v) is 9.99. The Morgan fingerprint density at radius 3 is 2.44 bits per heavy atom. The molecule has 208 valence electrons. The Hall–Kier alpha value is -3.67. The number of halogens is 3. The van der Waals surface area contributed by atoms with Crippen molar-refractivity contribution in [2.75, 3.05) is 44.7 Å². The monoisotopic (exact) mass is 544 g/mol. The van der Waals surface area contributed by atoms with Crippen LogP contribution in [0.2, 0.25) is 0 Å². The number of nitrogens with one attached hydrogen (secondary N) is 1. The molecular weight excluding hydrogens is 513 g/mol. The van der Waals surface area contributed by atoms with Crippen molar-refractivity contribution >= 4 is 22.6 Å². The molecule has 12 heteroatoms. The first kappa shape index (κ1) is 26.9. The van der Waals surface area contributed by atoms with E-state index in [-0.39, 0.29) is 23.1 Å². The van der Waals surface area contributed by atoms with Crippen LogP contribution in [0, 0.1) is 5.82 Å². The lowest BCUT2D eigenvalue weighted by Gasteiger charge is -2.37. The summed E-state index contributed by atoms with van der Waals surface area (Å²) in [5.41, 5.74) is -0.149. The molecule has 0 aliphatic carbocycles. The van der Waals surface area contributed by atoms with Crippen LogP contribution in [0.1, 0.15) is 55.0 Å². The molecule has 2 aliphatic rings. The number of morpholine rings is 1. The highest BCUT2D eigenvalue weighted by molar-refractivity contribution is 5.91. The third-order valence-corrected chi connectivity index (χ3v) is 7.53. The number of aromatic nitrogens is 3. The highest BCUT2D eigenvalue weighted by Crippen LogP contribution is 2.32. The molecule has 9 nitrogen and oxygen atoms in total. The standard InChI is InChI=1S/C27H31F3N6O3/c1-16(18-4-3-5-19(23(18)28)24(29)30)32-25-20-14-22(31-15-21(20)26(37)34(2)33-25)17-6-8-35(9-7-17)27(38)36-10-12-39-13-11-36/h3-5,14-17,24H,6-13H2,1-2H3,(H,32,33)/t16-/m1/s1. The first-order chi connectivity index (χ1) is 18.7. The van der Waals surface area contributed by atoms with Crippen LogP contribution in [-0.2, 0) is 11.8 Å².